The summed E-state index contributed by atoms with van der Waals surface area (Å²) >= 11 is 1.45. The molecule has 0 atom stereocenters. The van der Waals surface area contributed by atoms with Crippen LogP contribution in [0, 0.1) is 0 Å². The molecule has 2 heterocycles. The maximum absolute atomic E-state index is 12.1. The number of thiophene rings is 1. The maximum atomic E-state index is 12.1. The zero-order chi connectivity index (χ0) is 19.8. The summed E-state index contributed by atoms with van der Waals surface area (Å²) in [5, 5.41) is 2.00. The highest BCUT2D eigenvalue weighted by Crippen LogP contribution is 2.39. The van der Waals surface area contributed by atoms with Crippen molar-refractivity contribution in [3.05, 3.63) is 89.9 Å². The first-order valence-electron chi connectivity index (χ1n) is 9.30. The van der Waals surface area contributed by atoms with Gasteiger partial charge in [0.25, 0.3) is 0 Å². The van der Waals surface area contributed by atoms with Crippen molar-refractivity contribution in [2.75, 3.05) is 7.11 Å². The van der Waals surface area contributed by atoms with Crippen molar-refractivity contribution in [3.8, 4) is 22.3 Å². The van der Waals surface area contributed by atoms with E-state index in [9.17, 15) is 4.79 Å². The van der Waals surface area contributed by atoms with Crippen LogP contribution in [0.5, 0.6) is 0 Å². The summed E-state index contributed by atoms with van der Waals surface area (Å²) in [6.07, 6.45) is 1.84. The van der Waals surface area contributed by atoms with Gasteiger partial charge in [-0.2, -0.15) is 0 Å². The summed E-state index contributed by atoms with van der Waals surface area (Å²) in [5.41, 5.74) is 5.40. The molecule has 5 rings (SSSR count). The summed E-state index contributed by atoms with van der Waals surface area (Å²) in [5.74, 6) is -0.318. The standard InChI is InChI=1S/C25H17NO2S/c1-28-25(27)22-14-19-15-26-23-20(17-10-6-3-7-11-17)12-18(13-21(23)24(19)29-22)16-8-4-2-5-9-16/h2-15H,1H3. The van der Waals surface area contributed by atoms with Gasteiger partial charge in [0.15, 0.2) is 0 Å². The number of carbonyl (C=O) groups excluding carboxylic acids is 1. The fourth-order valence-electron chi connectivity index (χ4n) is 3.63. The first-order valence-corrected chi connectivity index (χ1v) is 10.1. The van der Waals surface area contributed by atoms with Crippen LogP contribution in [0.3, 0.4) is 0 Å². The van der Waals surface area contributed by atoms with E-state index in [0.29, 0.717) is 4.88 Å². The number of methoxy groups -OCH3 is 1. The zero-order valence-corrected chi connectivity index (χ0v) is 16.6. The van der Waals surface area contributed by atoms with Gasteiger partial charge in [-0.3, -0.25) is 4.98 Å². The second-order valence-corrected chi connectivity index (χ2v) is 7.85. The molecule has 0 unspecified atom stereocenters. The SMILES string of the molecule is COC(=O)c1cc2cnc3c(-c4ccccc4)cc(-c4ccccc4)cc3c2s1. The smallest absolute Gasteiger partial charge is 0.348 e. The van der Waals surface area contributed by atoms with E-state index < -0.39 is 0 Å². The van der Waals surface area contributed by atoms with Crippen molar-refractivity contribution in [3.63, 3.8) is 0 Å². The minimum absolute atomic E-state index is 0.318. The molecule has 0 fully saturated rings. The Morgan fingerprint density at radius 3 is 2.24 bits per heavy atom. The van der Waals surface area contributed by atoms with Crippen molar-refractivity contribution in [1.29, 1.82) is 0 Å². The number of fused-ring (bicyclic) bond motifs is 3. The number of rotatable bonds is 3. The molecule has 5 aromatic rings. The lowest BCUT2D eigenvalue weighted by Crippen LogP contribution is -1.96. The van der Waals surface area contributed by atoms with E-state index in [-0.39, 0.29) is 5.97 Å². The topological polar surface area (TPSA) is 39.2 Å². The number of nitrogens with zero attached hydrogens (tertiary/aromatic N) is 1. The van der Waals surface area contributed by atoms with E-state index >= 15 is 0 Å². The molecular weight excluding hydrogens is 378 g/mol. The molecule has 29 heavy (non-hydrogen) atoms. The van der Waals surface area contributed by atoms with Crippen LogP contribution in [-0.2, 0) is 4.74 Å². The summed E-state index contributed by atoms with van der Waals surface area (Å²) < 4.78 is 5.96. The average Bonchev–Trinajstić information content (AvgIpc) is 3.24. The molecule has 0 N–H and O–H groups in total. The second-order valence-electron chi connectivity index (χ2n) is 6.80. The van der Waals surface area contributed by atoms with Crippen LogP contribution in [0.25, 0.3) is 43.2 Å². The van der Waals surface area contributed by atoms with E-state index in [1.807, 2.05) is 48.7 Å². The molecular formula is C25H17NO2S. The van der Waals surface area contributed by atoms with E-state index in [0.717, 1.165) is 43.2 Å². The summed E-state index contributed by atoms with van der Waals surface area (Å²) in [4.78, 5) is 17.4. The number of carbonyl (C=O) groups is 1. The van der Waals surface area contributed by atoms with Crippen LogP contribution in [0.4, 0.5) is 0 Å². The Morgan fingerprint density at radius 1 is 0.862 bits per heavy atom. The van der Waals surface area contributed by atoms with Gasteiger partial charge in [0.1, 0.15) is 4.88 Å². The normalized spacial score (nSPS) is 11.1. The van der Waals surface area contributed by atoms with E-state index in [2.05, 4.69) is 36.4 Å². The van der Waals surface area contributed by atoms with Crippen LogP contribution < -0.4 is 0 Å². The van der Waals surface area contributed by atoms with Crippen molar-refractivity contribution >= 4 is 38.3 Å². The van der Waals surface area contributed by atoms with Crippen molar-refractivity contribution < 1.29 is 9.53 Å². The molecule has 0 aliphatic heterocycles. The molecule has 3 aromatic carbocycles. The van der Waals surface area contributed by atoms with Crippen molar-refractivity contribution in [2.24, 2.45) is 0 Å². The van der Waals surface area contributed by atoms with Gasteiger partial charge in [-0.15, -0.1) is 11.3 Å². The Kier molecular flexibility index (Phi) is 4.34. The zero-order valence-electron chi connectivity index (χ0n) is 15.8. The largest absolute Gasteiger partial charge is 0.465 e. The van der Waals surface area contributed by atoms with Gasteiger partial charge in [0.2, 0.25) is 0 Å². The lowest BCUT2D eigenvalue weighted by Gasteiger charge is -2.11. The van der Waals surface area contributed by atoms with Crippen LogP contribution in [-0.4, -0.2) is 18.1 Å². The molecule has 140 valence electrons. The third kappa shape index (κ3) is 3.08. The Labute approximate surface area is 172 Å². The quantitative estimate of drug-likeness (QED) is 0.324. The monoisotopic (exact) mass is 395 g/mol. The molecule has 2 aromatic heterocycles. The minimum atomic E-state index is -0.318. The third-order valence-corrected chi connectivity index (χ3v) is 6.19. The van der Waals surface area contributed by atoms with Crippen molar-refractivity contribution in [1.82, 2.24) is 4.98 Å². The summed E-state index contributed by atoms with van der Waals surface area (Å²) in [6.45, 7) is 0. The highest BCUT2D eigenvalue weighted by molar-refractivity contribution is 7.21. The predicted octanol–water partition coefficient (Wildman–Crippen LogP) is 6.57. The number of ether oxygens (including phenoxy) is 1. The molecule has 0 amide bonds. The van der Waals surface area contributed by atoms with Crippen LogP contribution >= 0.6 is 11.3 Å². The average molecular weight is 395 g/mol. The number of aromatic nitrogens is 1. The van der Waals surface area contributed by atoms with Crippen LogP contribution in [0.15, 0.2) is 85.1 Å². The number of hydrogen-bond donors (Lipinski definition) is 0. The maximum Gasteiger partial charge on any atom is 0.348 e. The molecule has 0 saturated heterocycles. The lowest BCUT2D eigenvalue weighted by molar-refractivity contribution is 0.0606. The summed E-state index contributed by atoms with van der Waals surface area (Å²) in [7, 11) is 1.41. The Hall–Kier alpha value is -3.50. The molecule has 0 spiro atoms. The predicted molar refractivity (Wildman–Crippen MR) is 119 cm³/mol. The second kappa shape index (κ2) is 7.15. The van der Waals surface area contributed by atoms with Gasteiger partial charge < -0.3 is 4.74 Å². The fourth-order valence-corrected chi connectivity index (χ4v) is 4.70. The lowest BCUT2D eigenvalue weighted by atomic mass is 9.95. The molecule has 0 aliphatic carbocycles. The Balaban J connectivity index is 1.86. The molecule has 0 saturated carbocycles. The highest BCUT2D eigenvalue weighted by atomic mass is 32.1. The molecule has 0 aliphatic rings. The molecule has 0 radical (unpaired) electrons. The van der Waals surface area contributed by atoms with Gasteiger partial charge >= 0.3 is 5.97 Å². The van der Waals surface area contributed by atoms with Crippen LogP contribution in [0.1, 0.15) is 9.67 Å². The van der Waals surface area contributed by atoms with E-state index in [4.69, 9.17) is 9.72 Å². The number of benzene rings is 3. The Morgan fingerprint density at radius 2 is 1.55 bits per heavy atom. The molecule has 0 bridgehead atoms. The number of esters is 1. The third-order valence-electron chi connectivity index (χ3n) is 5.03. The summed E-state index contributed by atoms with van der Waals surface area (Å²) in [6, 6.07) is 26.8. The first kappa shape index (κ1) is 17.6. The highest BCUT2D eigenvalue weighted by Gasteiger charge is 2.16. The van der Waals surface area contributed by atoms with Gasteiger partial charge in [-0.1, -0.05) is 60.7 Å². The first-order chi connectivity index (χ1) is 14.2. The molecule has 3 nitrogen and oxygen atoms in total. The van der Waals surface area contributed by atoms with Gasteiger partial charge in [-0.25, -0.2) is 4.79 Å². The van der Waals surface area contributed by atoms with E-state index in [1.54, 1.807) is 0 Å². The minimum Gasteiger partial charge on any atom is -0.465 e. The van der Waals surface area contributed by atoms with Gasteiger partial charge in [0, 0.05) is 27.2 Å². The van der Waals surface area contributed by atoms with Gasteiger partial charge in [0.05, 0.1) is 12.6 Å². The fraction of sp³-hybridized carbons (Fsp3) is 0.0400. The van der Waals surface area contributed by atoms with E-state index in [1.165, 1.54) is 18.4 Å². The van der Waals surface area contributed by atoms with Crippen LogP contribution in [0.2, 0.25) is 0 Å². The van der Waals surface area contributed by atoms with Crippen molar-refractivity contribution in [2.45, 2.75) is 0 Å². The Bertz CT molecular complexity index is 1340. The molecule has 4 heteroatoms. The number of hydrogen-bond acceptors (Lipinski definition) is 4. The van der Waals surface area contributed by atoms with Gasteiger partial charge in [-0.05, 0) is 34.9 Å². The number of pyridine rings is 1.